The third kappa shape index (κ3) is 3.97. The molecule has 0 unspecified atom stereocenters. The van der Waals surface area contributed by atoms with Crippen molar-refractivity contribution in [2.24, 2.45) is 7.05 Å². The van der Waals surface area contributed by atoms with Crippen molar-refractivity contribution < 1.29 is 5.11 Å². The van der Waals surface area contributed by atoms with Gasteiger partial charge in [-0.2, -0.15) is 0 Å². The van der Waals surface area contributed by atoms with Crippen LogP contribution in [0, 0.1) is 0 Å². The van der Waals surface area contributed by atoms with Crippen LogP contribution in [-0.2, 0) is 13.6 Å². The van der Waals surface area contributed by atoms with E-state index in [-0.39, 0.29) is 6.10 Å². The van der Waals surface area contributed by atoms with Gasteiger partial charge in [-0.1, -0.05) is 6.92 Å². The van der Waals surface area contributed by atoms with Crippen molar-refractivity contribution in [2.45, 2.75) is 26.0 Å². The fraction of sp³-hybridized carbons (Fsp3) is 0.636. The summed E-state index contributed by atoms with van der Waals surface area (Å²) in [5.41, 5.74) is 1.24. The Balaban J connectivity index is 2.50. The van der Waals surface area contributed by atoms with Gasteiger partial charge in [-0.3, -0.25) is 4.90 Å². The molecule has 4 heteroatoms. The Labute approximate surface area is 99.8 Å². The van der Waals surface area contributed by atoms with Gasteiger partial charge in [0.25, 0.3) is 0 Å². The maximum absolute atomic E-state index is 9.52. The lowest BCUT2D eigenvalue weighted by molar-refractivity contribution is 0.118. The number of halogens is 1. The highest BCUT2D eigenvalue weighted by molar-refractivity contribution is 9.10. The maximum atomic E-state index is 9.52. The van der Waals surface area contributed by atoms with E-state index >= 15 is 0 Å². The molecule has 1 aromatic heterocycles. The second kappa shape index (κ2) is 5.68. The molecule has 1 N–H and O–H groups in total. The van der Waals surface area contributed by atoms with E-state index in [2.05, 4.69) is 31.5 Å². The Kier molecular flexibility index (Phi) is 4.83. The minimum atomic E-state index is -0.223. The van der Waals surface area contributed by atoms with Crippen LogP contribution in [0.15, 0.2) is 16.7 Å². The van der Waals surface area contributed by atoms with Crippen LogP contribution in [0.25, 0.3) is 0 Å². The van der Waals surface area contributed by atoms with E-state index in [1.54, 1.807) is 0 Å². The molecule has 0 aromatic carbocycles. The second-order valence-electron chi connectivity index (χ2n) is 4.02. The first-order valence-electron chi connectivity index (χ1n) is 5.20. The van der Waals surface area contributed by atoms with Gasteiger partial charge in [0.1, 0.15) is 0 Å². The molecule has 0 amide bonds. The van der Waals surface area contributed by atoms with E-state index in [0.717, 1.165) is 24.0 Å². The van der Waals surface area contributed by atoms with E-state index in [1.165, 1.54) is 5.69 Å². The fourth-order valence-corrected chi connectivity index (χ4v) is 2.12. The minimum absolute atomic E-state index is 0.223. The molecule has 0 aliphatic rings. The van der Waals surface area contributed by atoms with Crippen molar-refractivity contribution >= 4 is 15.9 Å². The summed E-state index contributed by atoms with van der Waals surface area (Å²) in [6.07, 6.45) is 2.62. The number of aliphatic hydroxyl groups excluding tert-OH is 1. The van der Waals surface area contributed by atoms with Crippen molar-refractivity contribution in [2.75, 3.05) is 13.6 Å². The van der Waals surface area contributed by atoms with Crippen molar-refractivity contribution in [1.29, 1.82) is 0 Å². The number of aromatic nitrogens is 1. The monoisotopic (exact) mass is 274 g/mol. The molecule has 1 rings (SSSR count). The highest BCUT2D eigenvalue weighted by atomic mass is 79.9. The van der Waals surface area contributed by atoms with Crippen LogP contribution in [0.4, 0.5) is 0 Å². The predicted molar refractivity (Wildman–Crippen MR) is 65.7 cm³/mol. The first-order valence-corrected chi connectivity index (χ1v) is 5.99. The average molecular weight is 275 g/mol. The lowest BCUT2D eigenvalue weighted by Gasteiger charge is -2.19. The van der Waals surface area contributed by atoms with E-state index < -0.39 is 0 Å². The van der Waals surface area contributed by atoms with E-state index in [1.807, 2.05) is 27.2 Å². The molecule has 0 fully saturated rings. The minimum Gasteiger partial charge on any atom is -0.392 e. The highest BCUT2D eigenvalue weighted by Gasteiger charge is 2.08. The van der Waals surface area contributed by atoms with Gasteiger partial charge in [0.15, 0.2) is 0 Å². The zero-order valence-corrected chi connectivity index (χ0v) is 11.2. The van der Waals surface area contributed by atoms with Gasteiger partial charge < -0.3 is 9.67 Å². The van der Waals surface area contributed by atoms with E-state index in [9.17, 15) is 5.11 Å². The number of nitrogens with zero attached hydrogens (tertiary/aromatic N) is 2. The molecule has 0 saturated heterocycles. The van der Waals surface area contributed by atoms with Gasteiger partial charge in [-0.15, -0.1) is 0 Å². The SMILES string of the molecule is CC[C@@H](O)CN(C)Cc1cc(Br)cn1C. The zero-order valence-electron chi connectivity index (χ0n) is 9.57. The number of hydrogen-bond donors (Lipinski definition) is 1. The second-order valence-corrected chi connectivity index (χ2v) is 4.94. The summed E-state index contributed by atoms with van der Waals surface area (Å²) < 4.78 is 3.20. The van der Waals surface area contributed by atoms with Crippen molar-refractivity contribution in [3.63, 3.8) is 0 Å². The molecular weight excluding hydrogens is 256 g/mol. The molecular formula is C11H19BrN2O. The number of aryl methyl sites for hydroxylation is 1. The van der Waals surface area contributed by atoms with Crippen LogP contribution >= 0.6 is 15.9 Å². The quantitative estimate of drug-likeness (QED) is 0.890. The standard InChI is InChI=1S/C11H19BrN2O/c1-4-11(15)8-13(2)7-10-5-9(12)6-14(10)3/h5-6,11,15H,4,7-8H2,1-3H3/t11-/m1/s1. The van der Waals surface area contributed by atoms with Crippen molar-refractivity contribution in [3.8, 4) is 0 Å². The lowest BCUT2D eigenvalue weighted by atomic mass is 10.2. The molecule has 1 heterocycles. The summed E-state index contributed by atoms with van der Waals surface area (Å²) in [7, 11) is 4.06. The average Bonchev–Trinajstić information content (AvgIpc) is 2.44. The summed E-state index contributed by atoms with van der Waals surface area (Å²) in [6, 6.07) is 2.11. The van der Waals surface area contributed by atoms with Gasteiger partial charge in [-0.05, 0) is 35.5 Å². The number of likely N-dealkylation sites (N-methyl/N-ethyl adjacent to an activating group) is 1. The lowest BCUT2D eigenvalue weighted by Crippen LogP contribution is -2.28. The van der Waals surface area contributed by atoms with Gasteiger partial charge in [-0.25, -0.2) is 0 Å². The van der Waals surface area contributed by atoms with Crippen LogP contribution in [0.1, 0.15) is 19.0 Å². The Bertz CT molecular complexity index is 312. The third-order valence-corrected chi connectivity index (χ3v) is 2.93. The van der Waals surface area contributed by atoms with Crippen LogP contribution in [0.2, 0.25) is 0 Å². The van der Waals surface area contributed by atoms with Gasteiger partial charge >= 0.3 is 0 Å². The highest BCUT2D eigenvalue weighted by Crippen LogP contribution is 2.15. The first kappa shape index (κ1) is 12.7. The predicted octanol–water partition coefficient (Wildman–Crippen LogP) is 1.99. The number of aliphatic hydroxyl groups is 1. The van der Waals surface area contributed by atoms with Gasteiger partial charge in [0.05, 0.1) is 6.10 Å². The summed E-state index contributed by atoms with van der Waals surface area (Å²) in [4.78, 5) is 2.13. The number of rotatable bonds is 5. The van der Waals surface area contributed by atoms with E-state index in [0.29, 0.717) is 0 Å². The van der Waals surface area contributed by atoms with Gasteiger partial charge in [0, 0.05) is 36.5 Å². The Morgan fingerprint density at radius 1 is 1.60 bits per heavy atom. The molecule has 0 aliphatic heterocycles. The third-order valence-electron chi connectivity index (χ3n) is 2.50. The van der Waals surface area contributed by atoms with Crippen LogP contribution < -0.4 is 0 Å². The first-order chi connectivity index (χ1) is 7.02. The Hall–Kier alpha value is -0.320. The fourth-order valence-electron chi connectivity index (χ4n) is 1.55. The normalized spacial score (nSPS) is 13.5. The molecule has 0 saturated carbocycles. The maximum Gasteiger partial charge on any atom is 0.0664 e. The van der Waals surface area contributed by atoms with Crippen molar-refractivity contribution in [1.82, 2.24) is 9.47 Å². The molecule has 0 aliphatic carbocycles. The molecule has 86 valence electrons. The van der Waals surface area contributed by atoms with Gasteiger partial charge in [0.2, 0.25) is 0 Å². The van der Waals surface area contributed by atoms with Crippen LogP contribution in [-0.4, -0.2) is 34.3 Å². The molecule has 15 heavy (non-hydrogen) atoms. The zero-order chi connectivity index (χ0) is 11.4. The largest absolute Gasteiger partial charge is 0.392 e. The molecule has 0 radical (unpaired) electrons. The van der Waals surface area contributed by atoms with Crippen LogP contribution in [0.5, 0.6) is 0 Å². The molecule has 0 spiro atoms. The van der Waals surface area contributed by atoms with E-state index in [4.69, 9.17) is 0 Å². The summed E-state index contributed by atoms with van der Waals surface area (Å²) >= 11 is 3.45. The molecule has 3 nitrogen and oxygen atoms in total. The van der Waals surface area contributed by atoms with Crippen molar-refractivity contribution in [3.05, 3.63) is 22.4 Å². The number of hydrogen-bond acceptors (Lipinski definition) is 2. The Morgan fingerprint density at radius 2 is 2.27 bits per heavy atom. The molecule has 1 atom stereocenters. The van der Waals surface area contributed by atoms with Crippen LogP contribution in [0.3, 0.4) is 0 Å². The summed E-state index contributed by atoms with van der Waals surface area (Å²) in [5, 5.41) is 9.52. The molecule has 1 aromatic rings. The smallest absolute Gasteiger partial charge is 0.0664 e. The summed E-state index contributed by atoms with van der Waals surface area (Å²) in [6.45, 7) is 3.58. The topological polar surface area (TPSA) is 28.4 Å². The Morgan fingerprint density at radius 3 is 2.73 bits per heavy atom. The molecule has 0 bridgehead atoms. The summed E-state index contributed by atoms with van der Waals surface area (Å²) in [5.74, 6) is 0.